The summed E-state index contributed by atoms with van der Waals surface area (Å²) in [6, 6.07) is 0. The third-order valence-electron chi connectivity index (χ3n) is 1.14. The van der Waals surface area contributed by atoms with E-state index in [9.17, 15) is 9.59 Å². The van der Waals surface area contributed by atoms with Gasteiger partial charge < -0.3 is 11.5 Å². The number of hydrogen-bond acceptors (Lipinski definition) is 2. The highest BCUT2D eigenvalue weighted by Gasteiger charge is 2.08. The van der Waals surface area contributed by atoms with Crippen LogP contribution in [0.2, 0.25) is 0 Å². The van der Waals surface area contributed by atoms with Crippen molar-refractivity contribution in [3.05, 3.63) is 6.92 Å². The van der Waals surface area contributed by atoms with E-state index >= 15 is 0 Å². The first-order valence-electron chi connectivity index (χ1n) is 2.94. The molecule has 0 saturated carbocycles. The minimum atomic E-state index is -0.507. The third kappa shape index (κ3) is 3.88. The van der Waals surface area contributed by atoms with Crippen LogP contribution in [0.3, 0.4) is 0 Å². The van der Waals surface area contributed by atoms with Crippen LogP contribution in [0.1, 0.15) is 12.8 Å². The molecule has 57 valence electrons. The normalized spacial score (nSPS) is 12.5. The van der Waals surface area contributed by atoms with Crippen LogP contribution in [-0.2, 0) is 9.59 Å². The Morgan fingerprint density at radius 1 is 1.40 bits per heavy atom. The highest BCUT2D eigenvalue weighted by Crippen LogP contribution is 2.02. The number of nitrogens with two attached hydrogens (primary N) is 2. The van der Waals surface area contributed by atoms with E-state index in [-0.39, 0.29) is 6.42 Å². The Morgan fingerprint density at radius 2 is 1.90 bits per heavy atom. The van der Waals surface area contributed by atoms with Crippen molar-refractivity contribution in [1.29, 1.82) is 0 Å². The number of amides is 2. The number of primary amides is 2. The predicted octanol–water partition coefficient (Wildman–Crippen LogP) is -0.813. The molecular formula is C6H11N2O2. The molecule has 0 aromatic carbocycles. The maximum Gasteiger partial charge on any atom is 0.220 e. The topological polar surface area (TPSA) is 86.2 Å². The number of hydrogen-bond donors (Lipinski definition) is 2. The molecule has 4 nitrogen and oxygen atoms in total. The summed E-state index contributed by atoms with van der Waals surface area (Å²) >= 11 is 0. The average molecular weight is 143 g/mol. The first-order chi connectivity index (χ1) is 4.54. The first kappa shape index (κ1) is 8.94. The van der Waals surface area contributed by atoms with Crippen LogP contribution in [-0.4, -0.2) is 11.8 Å². The molecule has 1 atom stereocenters. The second-order valence-corrected chi connectivity index (χ2v) is 2.10. The molecule has 0 aromatic heterocycles. The van der Waals surface area contributed by atoms with E-state index in [0.29, 0.717) is 6.42 Å². The van der Waals surface area contributed by atoms with E-state index in [1.54, 1.807) is 0 Å². The van der Waals surface area contributed by atoms with Crippen LogP contribution in [0.15, 0.2) is 0 Å². The van der Waals surface area contributed by atoms with Crippen molar-refractivity contribution in [3.63, 3.8) is 0 Å². The van der Waals surface area contributed by atoms with Crippen molar-refractivity contribution >= 4 is 11.8 Å². The van der Waals surface area contributed by atoms with E-state index < -0.39 is 17.7 Å². The summed E-state index contributed by atoms with van der Waals surface area (Å²) in [5.41, 5.74) is 9.69. The van der Waals surface area contributed by atoms with Gasteiger partial charge in [0.2, 0.25) is 11.8 Å². The van der Waals surface area contributed by atoms with Gasteiger partial charge in [-0.3, -0.25) is 9.59 Å². The van der Waals surface area contributed by atoms with Gasteiger partial charge in [-0.1, -0.05) is 0 Å². The van der Waals surface area contributed by atoms with Crippen LogP contribution < -0.4 is 11.5 Å². The zero-order valence-electron chi connectivity index (χ0n) is 5.67. The molecule has 2 amide bonds. The molecule has 4 N–H and O–H groups in total. The Morgan fingerprint density at radius 3 is 2.20 bits per heavy atom. The van der Waals surface area contributed by atoms with Crippen LogP contribution >= 0.6 is 0 Å². The van der Waals surface area contributed by atoms with Gasteiger partial charge in [0.05, 0.1) is 0 Å². The van der Waals surface area contributed by atoms with Gasteiger partial charge in [-0.25, -0.2) is 0 Å². The Hall–Kier alpha value is -1.06. The zero-order valence-corrected chi connectivity index (χ0v) is 5.67. The Labute approximate surface area is 59.6 Å². The smallest absolute Gasteiger partial charge is 0.220 e. The molecule has 0 bridgehead atoms. The van der Waals surface area contributed by atoms with Crippen molar-refractivity contribution in [2.45, 2.75) is 12.8 Å². The van der Waals surface area contributed by atoms with Gasteiger partial charge in [0, 0.05) is 12.3 Å². The monoisotopic (exact) mass is 143 g/mol. The lowest BCUT2D eigenvalue weighted by Gasteiger charge is -2.02. The molecule has 1 unspecified atom stereocenters. The van der Waals surface area contributed by atoms with E-state index in [0.717, 1.165) is 0 Å². The molecule has 4 heteroatoms. The van der Waals surface area contributed by atoms with Crippen molar-refractivity contribution in [3.8, 4) is 0 Å². The number of carbonyl (C=O) groups is 2. The summed E-state index contributed by atoms with van der Waals surface area (Å²) in [6.07, 6.45) is 0.502. The van der Waals surface area contributed by atoms with Gasteiger partial charge in [0.15, 0.2) is 0 Å². The summed E-state index contributed by atoms with van der Waals surface area (Å²) in [5, 5.41) is 0. The minimum absolute atomic E-state index is 0.164. The SMILES string of the molecule is [CH2]C(CCC(N)=O)C(N)=O. The molecule has 0 fully saturated rings. The second kappa shape index (κ2) is 3.87. The molecular weight excluding hydrogens is 132 g/mol. The van der Waals surface area contributed by atoms with Crippen molar-refractivity contribution in [2.24, 2.45) is 17.4 Å². The van der Waals surface area contributed by atoms with Crippen LogP contribution in [0, 0.1) is 12.8 Å². The van der Waals surface area contributed by atoms with Crippen LogP contribution in [0.4, 0.5) is 0 Å². The molecule has 0 saturated heterocycles. The highest BCUT2D eigenvalue weighted by atomic mass is 16.1. The van der Waals surface area contributed by atoms with E-state index in [4.69, 9.17) is 11.5 Å². The molecule has 10 heavy (non-hydrogen) atoms. The fourth-order valence-corrected chi connectivity index (χ4v) is 0.459. The molecule has 0 aromatic rings. The van der Waals surface area contributed by atoms with Crippen molar-refractivity contribution in [2.75, 3.05) is 0 Å². The molecule has 0 aliphatic heterocycles. The lowest BCUT2D eigenvalue weighted by molar-refractivity contribution is -0.121. The van der Waals surface area contributed by atoms with Gasteiger partial charge in [-0.2, -0.15) is 0 Å². The lowest BCUT2D eigenvalue weighted by Crippen LogP contribution is -2.22. The summed E-state index contributed by atoms with van der Waals surface area (Å²) in [5.74, 6) is -1.44. The fourth-order valence-electron chi connectivity index (χ4n) is 0.459. The maximum absolute atomic E-state index is 10.3. The van der Waals surface area contributed by atoms with Gasteiger partial charge in [0.25, 0.3) is 0 Å². The lowest BCUT2D eigenvalue weighted by atomic mass is 10.1. The second-order valence-electron chi connectivity index (χ2n) is 2.10. The maximum atomic E-state index is 10.3. The highest BCUT2D eigenvalue weighted by molar-refractivity contribution is 5.79. The summed E-state index contributed by atoms with van der Waals surface area (Å²) in [7, 11) is 0. The van der Waals surface area contributed by atoms with E-state index in [2.05, 4.69) is 6.92 Å². The predicted molar refractivity (Wildman–Crippen MR) is 36.5 cm³/mol. The number of carbonyl (C=O) groups excluding carboxylic acids is 2. The summed E-state index contributed by atoms with van der Waals surface area (Å²) < 4.78 is 0. The van der Waals surface area contributed by atoms with Gasteiger partial charge >= 0.3 is 0 Å². The van der Waals surface area contributed by atoms with Crippen LogP contribution in [0.25, 0.3) is 0 Å². The largest absolute Gasteiger partial charge is 0.370 e. The number of rotatable bonds is 4. The van der Waals surface area contributed by atoms with E-state index in [1.807, 2.05) is 0 Å². The van der Waals surface area contributed by atoms with Crippen molar-refractivity contribution in [1.82, 2.24) is 0 Å². The molecule has 0 aliphatic rings. The third-order valence-corrected chi connectivity index (χ3v) is 1.14. The Kier molecular flexibility index (Phi) is 3.46. The molecule has 0 rings (SSSR count). The van der Waals surface area contributed by atoms with Gasteiger partial charge in [-0.05, 0) is 13.3 Å². The van der Waals surface area contributed by atoms with Gasteiger partial charge in [0.1, 0.15) is 0 Å². The summed E-state index contributed by atoms with van der Waals surface area (Å²) in [4.78, 5) is 20.5. The first-order valence-corrected chi connectivity index (χ1v) is 2.94. The molecule has 0 heterocycles. The zero-order chi connectivity index (χ0) is 8.15. The Bertz CT molecular complexity index is 145. The average Bonchev–Trinajstić information content (AvgIpc) is 1.82. The fraction of sp³-hybridized carbons (Fsp3) is 0.500. The minimum Gasteiger partial charge on any atom is -0.370 e. The quantitative estimate of drug-likeness (QED) is 0.539. The van der Waals surface area contributed by atoms with Gasteiger partial charge in [-0.15, -0.1) is 0 Å². The molecule has 0 aliphatic carbocycles. The van der Waals surface area contributed by atoms with Crippen molar-refractivity contribution < 1.29 is 9.59 Å². The standard InChI is InChI=1S/C6H11N2O2/c1-4(6(8)10)2-3-5(7)9/h4H,1-3H2,(H2,7,9)(H2,8,10). The summed E-state index contributed by atoms with van der Waals surface area (Å²) in [6.45, 7) is 3.43. The molecule has 0 spiro atoms. The molecule has 1 radical (unpaired) electrons. The van der Waals surface area contributed by atoms with Crippen LogP contribution in [0.5, 0.6) is 0 Å². The van der Waals surface area contributed by atoms with E-state index in [1.165, 1.54) is 0 Å². The Balaban J connectivity index is 3.49.